The van der Waals surface area contributed by atoms with E-state index in [2.05, 4.69) is 29.2 Å². The molecule has 0 radical (unpaired) electrons. The van der Waals surface area contributed by atoms with Gasteiger partial charge in [-0.05, 0) is 36.3 Å². The molecule has 23 heavy (non-hydrogen) atoms. The Morgan fingerprint density at radius 1 is 0.739 bits per heavy atom. The number of aromatic nitrogens is 1. The van der Waals surface area contributed by atoms with Gasteiger partial charge in [0.1, 0.15) is 0 Å². The first kappa shape index (κ1) is 15.3. The highest BCUT2D eigenvalue weighted by Gasteiger charge is 2.21. The zero-order valence-electron chi connectivity index (χ0n) is 14.4. The lowest BCUT2D eigenvalue weighted by atomic mass is 9.82. The Bertz CT molecular complexity index is 626. The molecule has 1 N–H and O–H groups in total. The van der Waals surface area contributed by atoms with E-state index in [1.54, 1.807) is 11.3 Å². The molecule has 124 valence electrons. The summed E-state index contributed by atoms with van der Waals surface area (Å²) >= 11 is 0. The van der Waals surface area contributed by atoms with Gasteiger partial charge in [0, 0.05) is 16.6 Å². The molecule has 2 fully saturated rings. The summed E-state index contributed by atoms with van der Waals surface area (Å²) in [5.41, 5.74) is 4.60. The molecule has 2 saturated carbocycles. The van der Waals surface area contributed by atoms with Crippen LogP contribution in [0.25, 0.3) is 10.9 Å². The molecule has 0 spiro atoms. The predicted molar refractivity (Wildman–Crippen MR) is 98.9 cm³/mol. The van der Waals surface area contributed by atoms with Gasteiger partial charge in [-0.1, -0.05) is 82.4 Å². The van der Waals surface area contributed by atoms with E-state index in [1.807, 2.05) is 0 Å². The Morgan fingerprint density at radius 2 is 1.35 bits per heavy atom. The maximum absolute atomic E-state index is 3.80. The van der Waals surface area contributed by atoms with E-state index in [1.165, 1.54) is 88.0 Å². The van der Waals surface area contributed by atoms with Gasteiger partial charge in [-0.3, -0.25) is 0 Å². The average Bonchev–Trinajstić information content (AvgIpc) is 2.94. The minimum atomic E-state index is 0.918. The van der Waals surface area contributed by atoms with Gasteiger partial charge in [0.25, 0.3) is 0 Å². The van der Waals surface area contributed by atoms with E-state index in [0.717, 1.165) is 11.8 Å². The van der Waals surface area contributed by atoms with Crippen LogP contribution < -0.4 is 0 Å². The van der Waals surface area contributed by atoms with Crippen LogP contribution in [-0.4, -0.2) is 4.98 Å². The first-order valence-electron chi connectivity index (χ1n) is 9.98. The zero-order valence-corrected chi connectivity index (χ0v) is 14.4. The number of nitrogens with one attached hydrogen (secondary N) is 1. The van der Waals surface area contributed by atoms with Gasteiger partial charge in [-0.2, -0.15) is 0 Å². The van der Waals surface area contributed by atoms with Crippen molar-refractivity contribution in [2.45, 2.75) is 77.0 Å². The monoisotopic (exact) mass is 309 g/mol. The van der Waals surface area contributed by atoms with Crippen molar-refractivity contribution in [3.05, 3.63) is 35.5 Å². The van der Waals surface area contributed by atoms with E-state index >= 15 is 0 Å². The van der Waals surface area contributed by atoms with Crippen LogP contribution in [0.4, 0.5) is 0 Å². The number of fused-ring (bicyclic) bond motifs is 1. The molecule has 1 heteroatoms. The fourth-order valence-electron chi connectivity index (χ4n) is 5.02. The van der Waals surface area contributed by atoms with Crippen molar-refractivity contribution in [1.29, 1.82) is 0 Å². The van der Waals surface area contributed by atoms with Gasteiger partial charge in [0.15, 0.2) is 0 Å². The Morgan fingerprint density at radius 3 is 2.04 bits per heavy atom. The number of hydrogen-bond donors (Lipinski definition) is 1. The normalized spacial score (nSPS) is 21.0. The summed E-state index contributed by atoms with van der Waals surface area (Å²) in [6.07, 6.45) is 17.1. The molecule has 0 bridgehead atoms. The molecule has 4 rings (SSSR count). The molecule has 0 aliphatic heterocycles. The smallest absolute Gasteiger partial charge is 0.0458 e. The number of benzene rings is 1. The first-order valence-corrected chi connectivity index (χ1v) is 9.98. The highest BCUT2D eigenvalue weighted by molar-refractivity contribution is 5.84. The molecule has 0 unspecified atom stereocenters. The zero-order chi connectivity index (χ0) is 15.5. The Balaban J connectivity index is 1.60. The third-order valence-electron chi connectivity index (χ3n) is 6.34. The van der Waals surface area contributed by atoms with Crippen LogP contribution in [0.1, 0.15) is 75.5 Å². The Hall–Kier alpha value is -1.24. The van der Waals surface area contributed by atoms with Crippen molar-refractivity contribution >= 4 is 10.9 Å². The lowest BCUT2D eigenvalue weighted by molar-refractivity contribution is 0.346. The summed E-state index contributed by atoms with van der Waals surface area (Å²) < 4.78 is 0. The lowest BCUT2D eigenvalue weighted by Crippen LogP contribution is -2.13. The molecular weight excluding hydrogens is 278 g/mol. The van der Waals surface area contributed by atoms with E-state index in [4.69, 9.17) is 0 Å². The highest BCUT2D eigenvalue weighted by Crippen LogP contribution is 2.34. The summed E-state index contributed by atoms with van der Waals surface area (Å²) in [5, 5.41) is 1.50. The van der Waals surface area contributed by atoms with Crippen LogP contribution >= 0.6 is 0 Å². The molecule has 1 aromatic carbocycles. The van der Waals surface area contributed by atoms with Crippen molar-refractivity contribution in [2.24, 2.45) is 11.8 Å². The highest BCUT2D eigenvalue weighted by atomic mass is 14.7. The number of rotatable bonds is 4. The number of H-pyrrole nitrogens is 1. The van der Waals surface area contributed by atoms with Crippen LogP contribution in [-0.2, 0) is 12.8 Å². The second-order valence-electron chi connectivity index (χ2n) is 8.04. The predicted octanol–water partition coefficient (Wildman–Crippen LogP) is 6.41. The third kappa shape index (κ3) is 3.49. The fraction of sp³-hybridized carbons (Fsp3) is 0.636. The maximum Gasteiger partial charge on any atom is 0.0458 e. The molecule has 1 nitrogen and oxygen atoms in total. The molecule has 0 atom stereocenters. The minimum Gasteiger partial charge on any atom is -0.358 e. The van der Waals surface area contributed by atoms with E-state index in [0.29, 0.717) is 0 Å². The van der Waals surface area contributed by atoms with Crippen molar-refractivity contribution in [3.63, 3.8) is 0 Å². The first-order chi connectivity index (χ1) is 11.4. The Kier molecular flexibility index (Phi) is 4.73. The van der Waals surface area contributed by atoms with Crippen LogP contribution in [0, 0.1) is 11.8 Å². The minimum absolute atomic E-state index is 0.918. The Labute approximate surface area is 140 Å². The summed E-state index contributed by atoms with van der Waals surface area (Å²) in [5.74, 6) is 1.84. The van der Waals surface area contributed by atoms with Crippen molar-refractivity contribution < 1.29 is 0 Å². The second-order valence-corrected chi connectivity index (χ2v) is 8.04. The number of para-hydroxylation sites is 1. The molecule has 2 aliphatic carbocycles. The largest absolute Gasteiger partial charge is 0.358 e. The van der Waals surface area contributed by atoms with Gasteiger partial charge in [-0.15, -0.1) is 0 Å². The van der Waals surface area contributed by atoms with Gasteiger partial charge < -0.3 is 4.98 Å². The third-order valence-corrected chi connectivity index (χ3v) is 6.34. The molecule has 0 amide bonds. The van der Waals surface area contributed by atoms with Gasteiger partial charge in [0.05, 0.1) is 0 Å². The van der Waals surface area contributed by atoms with E-state index < -0.39 is 0 Å². The van der Waals surface area contributed by atoms with Crippen molar-refractivity contribution in [3.8, 4) is 0 Å². The number of hydrogen-bond acceptors (Lipinski definition) is 0. The van der Waals surface area contributed by atoms with Crippen LogP contribution in [0.2, 0.25) is 0 Å². The molecular formula is C22H31N. The average molecular weight is 309 g/mol. The van der Waals surface area contributed by atoms with Gasteiger partial charge >= 0.3 is 0 Å². The standard InChI is InChI=1S/C22H31N/c1-3-9-17(10-4-1)15-20-19-13-7-8-14-21(19)23-22(20)16-18-11-5-2-6-12-18/h7-8,13-14,17-18,23H,1-6,9-12,15-16H2. The van der Waals surface area contributed by atoms with Crippen LogP contribution in [0.5, 0.6) is 0 Å². The van der Waals surface area contributed by atoms with Crippen molar-refractivity contribution in [2.75, 3.05) is 0 Å². The van der Waals surface area contributed by atoms with E-state index in [-0.39, 0.29) is 0 Å². The van der Waals surface area contributed by atoms with Gasteiger partial charge in [-0.25, -0.2) is 0 Å². The van der Waals surface area contributed by atoms with E-state index in [9.17, 15) is 0 Å². The summed E-state index contributed by atoms with van der Waals surface area (Å²) in [4.78, 5) is 3.80. The summed E-state index contributed by atoms with van der Waals surface area (Å²) in [7, 11) is 0. The lowest BCUT2D eigenvalue weighted by Gasteiger charge is -2.24. The van der Waals surface area contributed by atoms with Gasteiger partial charge in [0.2, 0.25) is 0 Å². The molecule has 1 aromatic heterocycles. The SMILES string of the molecule is c1ccc2c(CC3CCCCC3)c(CC3CCCCC3)[nH]c2c1. The van der Waals surface area contributed by atoms with Crippen LogP contribution in [0.15, 0.2) is 24.3 Å². The quantitative estimate of drug-likeness (QED) is 0.671. The molecule has 0 saturated heterocycles. The number of aromatic amines is 1. The maximum atomic E-state index is 3.80. The van der Waals surface area contributed by atoms with Crippen LogP contribution in [0.3, 0.4) is 0 Å². The summed E-state index contributed by atoms with van der Waals surface area (Å²) in [6.45, 7) is 0. The molecule has 2 aromatic rings. The fourth-order valence-corrected chi connectivity index (χ4v) is 5.02. The topological polar surface area (TPSA) is 15.8 Å². The van der Waals surface area contributed by atoms with Crippen molar-refractivity contribution in [1.82, 2.24) is 4.98 Å². The second kappa shape index (κ2) is 7.11. The summed E-state index contributed by atoms with van der Waals surface area (Å²) in [6, 6.07) is 9.00. The molecule has 2 aliphatic rings. The molecule has 1 heterocycles.